The molecule has 1 atom stereocenters. The molecular weight excluding hydrogens is 324 g/mol. The zero-order chi connectivity index (χ0) is 14.5. The summed E-state index contributed by atoms with van der Waals surface area (Å²) in [5.74, 6) is 0. The molecule has 0 radical (unpaired) electrons. The largest absolute Gasteiger partial charge is 0.306 e. The van der Waals surface area contributed by atoms with Crippen molar-refractivity contribution in [2.24, 2.45) is 0 Å². The van der Waals surface area contributed by atoms with E-state index in [1.54, 1.807) is 12.1 Å². The van der Waals surface area contributed by atoms with Gasteiger partial charge in [0.15, 0.2) is 0 Å². The molecule has 0 saturated carbocycles. The van der Waals surface area contributed by atoms with E-state index in [0.717, 1.165) is 15.6 Å². The van der Waals surface area contributed by atoms with Crippen LogP contribution in [0.4, 0.5) is 8.78 Å². The van der Waals surface area contributed by atoms with Crippen LogP contribution in [0.1, 0.15) is 36.1 Å². The van der Waals surface area contributed by atoms with Gasteiger partial charge in [-0.25, -0.2) is 8.78 Å². The Kier molecular flexibility index (Phi) is 5.26. The van der Waals surface area contributed by atoms with E-state index >= 15 is 0 Å². The Morgan fingerprint density at radius 1 is 1.10 bits per heavy atom. The van der Waals surface area contributed by atoms with E-state index in [2.05, 4.69) is 28.2 Å². The molecule has 4 heteroatoms. The first-order chi connectivity index (χ1) is 9.58. The molecule has 0 amide bonds. The zero-order valence-corrected chi connectivity index (χ0v) is 12.7. The number of alkyl halides is 2. The highest BCUT2D eigenvalue weighted by molar-refractivity contribution is 9.10. The molecule has 0 fully saturated rings. The molecule has 106 valence electrons. The third-order valence-electron chi connectivity index (χ3n) is 3.19. The molecule has 0 saturated heterocycles. The van der Waals surface area contributed by atoms with Gasteiger partial charge in [0.25, 0.3) is 6.43 Å². The summed E-state index contributed by atoms with van der Waals surface area (Å²) in [7, 11) is 0. The Morgan fingerprint density at radius 3 is 2.55 bits per heavy atom. The summed E-state index contributed by atoms with van der Waals surface area (Å²) >= 11 is 3.51. The average Bonchev–Trinajstić information content (AvgIpc) is 2.45. The summed E-state index contributed by atoms with van der Waals surface area (Å²) in [6.45, 7) is 2.61. The standard InChI is InChI=1S/C16H16BrF2N/c1-11(14-7-2-3-8-15(14)17)20-10-12-5-4-6-13(9-12)16(18)19/h2-9,11,16,20H,10H2,1H3/t11-/m0/s1. The molecule has 0 bridgehead atoms. The highest BCUT2D eigenvalue weighted by atomic mass is 79.9. The third kappa shape index (κ3) is 3.87. The summed E-state index contributed by atoms with van der Waals surface area (Å²) in [5.41, 5.74) is 2.08. The van der Waals surface area contributed by atoms with E-state index in [1.807, 2.05) is 30.3 Å². The predicted molar refractivity (Wildman–Crippen MR) is 80.8 cm³/mol. The van der Waals surface area contributed by atoms with E-state index in [-0.39, 0.29) is 11.6 Å². The van der Waals surface area contributed by atoms with Gasteiger partial charge in [0, 0.05) is 22.6 Å². The SMILES string of the molecule is C[C@H](NCc1cccc(C(F)F)c1)c1ccccc1Br. The fourth-order valence-electron chi connectivity index (χ4n) is 2.05. The van der Waals surface area contributed by atoms with Crippen molar-refractivity contribution in [3.8, 4) is 0 Å². The molecule has 0 aliphatic rings. The van der Waals surface area contributed by atoms with Gasteiger partial charge in [-0.05, 0) is 30.2 Å². The fourth-order valence-corrected chi connectivity index (χ4v) is 2.67. The normalized spacial score (nSPS) is 12.7. The van der Waals surface area contributed by atoms with E-state index in [9.17, 15) is 8.78 Å². The first kappa shape index (κ1) is 15.1. The second-order valence-corrected chi connectivity index (χ2v) is 5.52. The summed E-state index contributed by atoms with van der Waals surface area (Å²) in [5, 5.41) is 3.35. The van der Waals surface area contributed by atoms with Crippen molar-refractivity contribution < 1.29 is 8.78 Å². The lowest BCUT2D eigenvalue weighted by atomic mass is 10.1. The van der Waals surface area contributed by atoms with Crippen molar-refractivity contribution in [2.75, 3.05) is 0 Å². The molecule has 0 spiro atoms. The minimum absolute atomic E-state index is 0.0674. The predicted octanol–water partition coefficient (Wildman–Crippen LogP) is 5.24. The second-order valence-electron chi connectivity index (χ2n) is 4.67. The first-order valence-corrected chi connectivity index (χ1v) is 7.22. The molecule has 1 N–H and O–H groups in total. The molecule has 0 heterocycles. The maximum absolute atomic E-state index is 12.6. The molecule has 0 unspecified atom stereocenters. The Hall–Kier alpha value is -1.26. The van der Waals surface area contributed by atoms with Crippen LogP contribution in [0, 0.1) is 0 Å². The van der Waals surface area contributed by atoms with Crippen molar-refractivity contribution in [1.82, 2.24) is 5.32 Å². The van der Waals surface area contributed by atoms with E-state index in [4.69, 9.17) is 0 Å². The number of benzene rings is 2. The first-order valence-electron chi connectivity index (χ1n) is 6.42. The summed E-state index contributed by atoms with van der Waals surface area (Å²) in [6.07, 6.45) is -2.42. The number of halogens is 3. The van der Waals surface area contributed by atoms with Crippen molar-refractivity contribution in [3.05, 3.63) is 69.7 Å². The van der Waals surface area contributed by atoms with Crippen LogP contribution in [-0.2, 0) is 6.54 Å². The lowest BCUT2D eigenvalue weighted by Crippen LogP contribution is -2.18. The number of nitrogens with one attached hydrogen (secondary N) is 1. The van der Waals surface area contributed by atoms with Gasteiger partial charge < -0.3 is 5.32 Å². The van der Waals surface area contributed by atoms with Crippen LogP contribution in [0.5, 0.6) is 0 Å². The lowest BCUT2D eigenvalue weighted by molar-refractivity contribution is 0.151. The highest BCUT2D eigenvalue weighted by Crippen LogP contribution is 2.23. The average molecular weight is 340 g/mol. The van der Waals surface area contributed by atoms with Gasteiger partial charge in [-0.2, -0.15) is 0 Å². The molecule has 20 heavy (non-hydrogen) atoms. The van der Waals surface area contributed by atoms with Crippen LogP contribution in [0.25, 0.3) is 0 Å². The molecule has 0 aliphatic carbocycles. The smallest absolute Gasteiger partial charge is 0.263 e. The number of rotatable bonds is 5. The Morgan fingerprint density at radius 2 is 1.85 bits per heavy atom. The van der Waals surface area contributed by atoms with E-state index < -0.39 is 6.43 Å². The maximum atomic E-state index is 12.6. The molecule has 0 aliphatic heterocycles. The number of hydrogen-bond acceptors (Lipinski definition) is 1. The molecular formula is C16H16BrF2N. The van der Waals surface area contributed by atoms with Crippen LogP contribution in [0.15, 0.2) is 53.0 Å². The summed E-state index contributed by atoms with van der Waals surface area (Å²) in [4.78, 5) is 0. The summed E-state index contributed by atoms with van der Waals surface area (Å²) < 4.78 is 26.3. The highest BCUT2D eigenvalue weighted by Gasteiger charge is 2.10. The van der Waals surface area contributed by atoms with E-state index in [1.165, 1.54) is 6.07 Å². The molecule has 2 aromatic rings. The van der Waals surface area contributed by atoms with Gasteiger partial charge in [-0.15, -0.1) is 0 Å². The number of hydrogen-bond donors (Lipinski definition) is 1. The molecule has 0 aromatic heterocycles. The van der Waals surface area contributed by atoms with Crippen LogP contribution in [0.3, 0.4) is 0 Å². The van der Waals surface area contributed by atoms with Gasteiger partial charge in [-0.3, -0.25) is 0 Å². The van der Waals surface area contributed by atoms with Gasteiger partial charge in [0.05, 0.1) is 0 Å². The topological polar surface area (TPSA) is 12.0 Å². The second kappa shape index (κ2) is 6.95. The van der Waals surface area contributed by atoms with Gasteiger partial charge >= 0.3 is 0 Å². The van der Waals surface area contributed by atoms with Crippen LogP contribution >= 0.6 is 15.9 Å². The maximum Gasteiger partial charge on any atom is 0.263 e. The molecule has 2 rings (SSSR count). The third-order valence-corrected chi connectivity index (χ3v) is 3.91. The minimum Gasteiger partial charge on any atom is -0.306 e. The van der Waals surface area contributed by atoms with Gasteiger partial charge in [0.2, 0.25) is 0 Å². The molecule has 1 nitrogen and oxygen atoms in total. The van der Waals surface area contributed by atoms with Crippen molar-refractivity contribution in [2.45, 2.75) is 25.9 Å². The van der Waals surface area contributed by atoms with Crippen molar-refractivity contribution in [1.29, 1.82) is 0 Å². The fraction of sp³-hybridized carbons (Fsp3) is 0.250. The Bertz CT molecular complexity index is 572. The summed E-state index contributed by atoms with van der Waals surface area (Å²) in [6, 6.07) is 14.6. The lowest BCUT2D eigenvalue weighted by Gasteiger charge is -2.16. The quantitative estimate of drug-likeness (QED) is 0.785. The minimum atomic E-state index is -2.42. The van der Waals surface area contributed by atoms with E-state index in [0.29, 0.717) is 6.54 Å². The van der Waals surface area contributed by atoms with Crippen molar-refractivity contribution >= 4 is 15.9 Å². The van der Waals surface area contributed by atoms with Crippen LogP contribution < -0.4 is 5.32 Å². The van der Waals surface area contributed by atoms with Crippen LogP contribution in [-0.4, -0.2) is 0 Å². The van der Waals surface area contributed by atoms with Gasteiger partial charge in [0.1, 0.15) is 0 Å². The Labute approximate surface area is 126 Å². The molecule has 2 aromatic carbocycles. The van der Waals surface area contributed by atoms with Crippen LogP contribution in [0.2, 0.25) is 0 Å². The van der Waals surface area contributed by atoms with Gasteiger partial charge in [-0.1, -0.05) is 52.3 Å². The monoisotopic (exact) mass is 339 g/mol. The zero-order valence-electron chi connectivity index (χ0n) is 11.1. The van der Waals surface area contributed by atoms with Crippen molar-refractivity contribution in [3.63, 3.8) is 0 Å². The Balaban J connectivity index is 2.02.